The lowest BCUT2D eigenvalue weighted by atomic mass is 10.4. The molecular weight excluding hydrogens is 114 g/mol. The van der Waals surface area contributed by atoms with Crippen LogP contribution >= 0.6 is 0 Å². The Morgan fingerprint density at radius 3 is 2.78 bits per heavy atom. The summed E-state index contributed by atoms with van der Waals surface area (Å²) in [5.74, 6) is 5.58. The minimum Gasteiger partial charge on any atom is -0.392 e. The van der Waals surface area contributed by atoms with E-state index in [2.05, 4.69) is 17.2 Å². The lowest BCUT2D eigenvalue weighted by molar-refractivity contribution is 0.193. The zero-order valence-electron chi connectivity index (χ0n) is 5.94. The van der Waals surface area contributed by atoms with Gasteiger partial charge in [0.05, 0.1) is 12.6 Å². The van der Waals surface area contributed by atoms with Crippen LogP contribution in [0.25, 0.3) is 0 Å². The maximum Gasteiger partial charge on any atom is 0.0636 e. The van der Waals surface area contributed by atoms with Crippen LogP contribution in [0.15, 0.2) is 0 Å². The van der Waals surface area contributed by atoms with Gasteiger partial charge in [0.1, 0.15) is 0 Å². The molecule has 9 heavy (non-hydrogen) atoms. The summed E-state index contributed by atoms with van der Waals surface area (Å²) in [6, 6.07) is 0. The third-order valence-corrected chi connectivity index (χ3v) is 0.830. The summed E-state index contributed by atoms with van der Waals surface area (Å²) in [6.07, 6.45) is -0.274. The van der Waals surface area contributed by atoms with Crippen molar-refractivity contribution >= 4 is 0 Å². The van der Waals surface area contributed by atoms with E-state index >= 15 is 0 Å². The standard InChI is InChI=1S/C7H13NO/c1-3-4-5-8-6-7(2)9/h7-9H,5-6H2,1-2H3. The average Bonchev–Trinajstić information content (AvgIpc) is 1.80. The van der Waals surface area contributed by atoms with Crippen molar-refractivity contribution in [2.75, 3.05) is 13.1 Å². The minimum absolute atomic E-state index is 0.274. The Hall–Kier alpha value is -0.520. The van der Waals surface area contributed by atoms with Gasteiger partial charge in [-0.3, -0.25) is 0 Å². The van der Waals surface area contributed by atoms with Gasteiger partial charge in [-0.05, 0) is 13.8 Å². The molecule has 52 valence electrons. The second-order valence-electron chi connectivity index (χ2n) is 1.91. The topological polar surface area (TPSA) is 32.3 Å². The Kier molecular flexibility index (Phi) is 5.29. The molecular formula is C7H13NO. The van der Waals surface area contributed by atoms with Crippen molar-refractivity contribution in [3.63, 3.8) is 0 Å². The van der Waals surface area contributed by atoms with E-state index in [4.69, 9.17) is 5.11 Å². The molecule has 0 aromatic rings. The summed E-state index contributed by atoms with van der Waals surface area (Å²) in [5.41, 5.74) is 0. The molecule has 0 aliphatic heterocycles. The maximum atomic E-state index is 8.74. The van der Waals surface area contributed by atoms with Crippen LogP contribution in [0.5, 0.6) is 0 Å². The third kappa shape index (κ3) is 7.48. The highest BCUT2D eigenvalue weighted by atomic mass is 16.3. The van der Waals surface area contributed by atoms with Crippen molar-refractivity contribution in [3.8, 4) is 11.8 Å². The van der Waals surface area contributed by atoms with E-state index in [0.29, 0.717) is 13.1 Å². The molecule has 1 atom stereocenters. The molecule has 0 heterocycles. The summed E-state index contributed by atoms with van der Waals surface area (Å²) in [7, 11) is 0. The van der Waals surface area contributed by atoms with E-state index in [1.165, 1.54) is 0 Å². The predicted molar refractivity (Wildman–Crippen MR) is 38.0 cm³/mol. The van der Waals surface area contributed by atoms with Crippen molar-refractivity contribution in [2.24, 2.45) is 0 Å². The molecule has 0 rings (SSSR count). The zero-order valence-corrected chi connectivity index (χ0v) is 5.94. The first-order valence-electron chi connectivity index (χ1n) is 3.05. The monoisotopic (exact) mass is 127 g/mol. The molecule has 0 fully saturated rings. The number of aliphatic hydroxyl groups is 1. The van der Waals surface area contributed by atoms with E-state index in [9.17, 15) is 0 Å². The van der Waals surface area contributed by atoms with Crippen molar-refractivity contribution in [3.05, 3.63) is 0 Å². The van der Waals surface area contributed by atoms with Crippen LogP contribution in [0, 0.1) is 11.8 Å². The first kappa shape index (κ1) is 8.48. The van der Waals surface area contributed by atoms with Crippen LogP contribution in [-0.2, 0) is 0 Å². The predicted octanol–water partition coefficient (Wildman–Crippen LogP) is -0.0199. The Morgan fingerprint density at radius 2 is 2.33 bits per heavy atom. The van der Waals surface area contributed by atoms with Crippen LogP contribution in [0.4, 0.5) is 0 Å². The number of rotatable bonds is 3. The van der Waals surface area contributed by atoms with E-state index in [-0.39, 0.29) is 6.10 Å². The summed E-state index contributed by atoms with van der Waals surface area (Å²) >= 11 is 0. The van der Waals surface area contributed by atoms with Crippen LogP contribution in [0.1, 0.15) is 13.8 Å². The van der Waals surface area contributed by atoms with Gasteiger partial charge in [0.15, 0.2) is 0 Å². The number of nitrogens with one attached hydrogen (secondary N) is 1. The molecule has 0 saturated carbocycles. The Labute approximate surface area is 56.3 Å². The van der Waals surface area contributed by atoms with Crippen molar-refractivity contribution in [2.45, 2.75) is 20.0 Å². The van der Waals surface area contributed by atoms with Gasteiger partial charge in [-0.1, -0.05) is 5.92 Å². The smallest absolute Gasteiger partial charge is 0.0636 e. The van der Waals surface area contributed by atoms with E-state index in [0.717, 1.165) is 0 Å². The van der Waals surface area contributed by atoms with E-state index < -0.39 is 0 Å². The van der Waals surface area contributed by atoms with Crippen molar-refractivity contribution in [1.82, 2.24) is 5.32 Å². The van der Waals surface area contributed by atoms with E-state index in [1.807, 2.05) is 0 Å². The molecule has 2 N–H and O–H groups in total. The fourth-order valence-electron chi connectivity index (χ4n) is 0.432. The fourth-order valence-corrected chi connectivity index (χ4v) is 0.432. The molecule has 0 aliphatic rings. The summed E-state index contributed by atoms with van der Waals surface area (Å²) in [5, 5.41) is 11.7. The second kappa shape index (κ2) is 5.61. The molecule has 1 unspecified atom stereocenters. The zero-order chi connectivity index (χ0) is 7.11. The lowest BCUT2D eigenvalue weighted by Gasteiger charge is -2.01. The highest BCUT2D eigenvalue weighted by Gasteiger charge is 1.89. The summed E-state index contributed by atoms with van der Waals surface area (Å²) in [4.78, 5) is 0. The Morgan fingerprint density at radius 1 is 1.67 bits per heavy atom. The summed E-state index contributed by atoms with van der Waals surface area (Å²) in [6.45, 7) is 4.83. The number of hydrogen-bond donors (Lipinski definition) is 2. The quantitative estimate of drug-likeness (QED) is 0.412. The highest BCUT2D eigenvalue weighted by Crippen LogP contribution is 1.72. The second-order valence-corrected chi connectivity index (χ2v) is 1.91. The highest BCUT2D eigenvalue weighted by molar-refractivity contribution is 4.96. The van der Waals surface area contributed by atoms with E-state index in [1.54, 1.807) is 13.8 Å². The van der Waals surface area contributed by atoms with Gasteiger partial charge < -0.3 is 10.4 Å². The molecule has 0 saturated heterocycles. The van der Waals surface area contributed by atoms with Crippen molar-refractivity contribution in [1.29, 1.82) is 0 Å². The molecule has 0 aromatic carbocycles. The molecule has 0 aromatic heterocycles. The van der Waals surface area contributed by atoms with Gasteiger partial charge in [0.2, 0.25) is 0 Å². The first-order valence-corrected chi connectivity index (χ1v) is 3.05. The largest absolute Gasteiger partial charge is 0.392 e. The minimum atomic E-state index is -0.274. The van der Waals surface area contributed by atoms with Crippen LogP contribution in [0.2, 0.25) is 0 Å². The van der Waals surface area contributed by atoms with Gasteiger partial charge in [-0.15, -0.1) is 5.92 Å². The molecule has 0 amide bonds. The summed E-state index contributed by atoms with van der Waals surface area (Å²) < 4.78 is 0. The first-order chi connectivity index (χ1) is 4.27. The third-order valence-electron chi connectivity index (χ3n) is 0.830. The van der Waals surface area contributed by atoms with Gasteiger partial charge >= 0.3 is 0 Å². The number of hydrogen-bond acceptors (Lipinski definition) is 2. The molecule has 0 aliphatic carbocycles. The maximum absolute atomic E-state index is 8.74. The van der Waals surface area contributed by atoms with Gasteiger partial charge in [0.25, 0.3) is 0 Å². The molecule has 2 nitrogen and oxygen atoms in total. The Bertz CT molecular complexity index is 110. The normalized spacial score (nSPS) is 11.9. The van der Waals surface area contributed by atoms with Gasteiger partial charge in [-0.25, -0.2) is 0 Å². The molecule has 0 spiro atoms. The van der Waals surface area contributed by atoms with Crippen LogP contribution < -0.4 is 5.32 Å². The molecule has 0 bridgehead atoms. The molecule has 0 radical (unpaired) electrons. The lowest BCUT2D eigenvalue weighted by Crippen LogP contribution is -2.24. The van der Waals surface area contributed by atoms with Gasteiger partial charge in [-0.2, -0.15) is 0 Å². The number of aliphatic hydroxyl groups excluding tert-OH is 1. The SMILES string of the molecule is CC#CCNCC(C)O. The average molecular weight is 127 g/mol. The van der Waals surface area contributed by atoms with Gasteiger partial charge in [0, 0.05) is 6.54 Å². The Balaban J connectivity index is 2.98. The molecule has 2 heteroatoms. The fraction of sp³-hybridized carbons (Fsp3) is 0.714. The van der Waals surface area contributed by atoms with Crippen LogP contribution in [0.3, 0.4) is 0 Å². The van der Waals surface area contributed by atoms with Crippen molar-refractivity contribution < 1.29 is 5.11 Å². The van der Waals surface area contributed by atoms with Crippen LogP contribution in [-0.4, -0.2) is 24.3 Å².